The summed E-state index contributed by atoms with van der Waals surface area (Å²) in [6, 6.07) is 1.74. The van der Waals surface area contributed by atoms with Gasteiger partial charge in [-0.15, -0.1) is 0 Å². The molecule has 1 aromatic rings. The number of aliphatic hydroxyl groups is 1. The highest BCUT2D eigenvalue weighted by atomic mass is 16.3. The Labute approximate surface area is 94.9 Å². The molecule has 1 rings (SSSR count). The number of carbonyl (C=O) groups excluding carboxylic acids is 1. The van der Waals surface area contributed by atoms with Crippen LogP contribution in [0.15, 0.2) is 6.07 Å². The highest BCUT2D eigenvalue weighted by molar-refractivity contribution is 5.95. The van der Waals surface area contributed by atoms with Crippen molar-refractivity contribution in [2.45, 2.75) is 26.7 Å². The average Bonchev–Trinajstić information content (AvgIpc) is 2.29. The smallest absolute Gasteiger partial charge is 0.253 e. The van der Waals surface area contributed by atoms with Crippen molar-refractivity contribution in [3.05, 3.63) is 23.0 Å². The first-order valence-corrected chi connectivity index (χ1v) is 5.41. The molecule has 0 aliphatic carbocycles. The minimum atomic E-state index is -0.150. The molecule has 0 saturated carbocycles. The number of aryl methyl sites for hydroxylation is 2. The summed E-state index contributed by atoms with van der Waals surface area (Å²) in [5, 5.41) is 19.3. The molecule has 0 aromatic carbocycles. The Kier molecular flexibility index (Phi) is 4.85. The molecule has 0 saturated heterocycles. The molecular weight excluding hydrogens is 206 g/mol. The van der Waals surface area contributed by atoms with E-state index in [2.05, 4.69) is 15.5 Å². The zero-order valence-electron chi connectivity index (χ0n) is 9.66. The van der Waals surface area contributed by atoms with E-state index in [0.29, 0.717) is 30.6 Å². The Morgan fingerprint density at radius 2 is 2.25 bits per heavy atom. The molecule has 0 unspecified atom stereocenters. The first-order valence-electron chi connectivity index (χ1n) is 5.41. The highest BCUT2D eigenvalue weighted by Gasteiger charge is 2.11. The van der Waals surface area contributed by atoms with Gasteiger partial charge in [0.1, 0.15) is 0 Å². The minimum absolute atomic E-state index is 0.0779. The molecule has 0 aliphatic rings. The van der Waals surface area contributed by atoms with Gasteiger partial charge in [0.25, 0.3) is 5.91 Å². The van der Waals surface area contributed by atoms with Crippen molar-refractivity contribution in [1.29, 1.82) is 0 Å². The third-order valence-electron chi connectivity index (χ3n) is 2.19. The van der Waals surface area contributed by atoms with Crippen LogP contribution in [0.4, 0.5) is 0 Å². The van der Waals surface area contributed by atoms with E-state index in [9.17, 15) is 4.79 Å². The second-order valence-electron chi connectivity index (χ2n) is 3.53. The van der Waals surface area contributed by atoms with E-state index >= 15 is 0 Å². The Morgan fingerprint density at radius 1 is 1.50 bits per heavy atom. The summed E-state index contributed by atoms with van der Waals surface area (Å²) < 4.78 is 0. The predicted octanol–water partition coefficient (Wildman–Crippen LogP) is 0.460. The van der Waals surface area contributed by atoms with Gasteiger partial charge in [0, 0.05) is 13.2 Å². The minimum Gasteiger partial charge on any atom is -0.396 e. The van der Waals surface area contributed by atoms with Crippen LogP contribution in [0.25, 0.3) is 0 Å². The van der Waals surface area contributed by atoms with Crippen molar-refractivity contribution in [3.8, 4) is 0 Å². The fourth-order valence-electron chi connectivity index (χ4n) is 1.35. The highest BCUT2D eigenvalue weighted by Crippen LogP contribution is 2.07. The summed E-state index contributed by atoms with van der Waals surface area (Å²) in [5.41, 5.74) is 2.00. The third kappa shape index (κ3) is 3.27. The van der Waals surface area contributed by atoms with Crippen molar-refractivity contribution in [2.24, 2.45) is 0 Å². The Bertz CT molecular complexity index is 366. The van der Waals surface area contributed by atoms with Crippen molar-refractivity contribution < 1.29 is 9.90 Å². The lowest BCUT2D eigenvalue weighted by Crippen LogP contribution is -2.26. The first-order chi connectivity index (χ1) is 7.69. The maximum absolute atomic E-state index is 11.8. The molecule has 16 heavy (non-hydrogen) atoms. The van der Waals surface area contributed by atoms with Gasteiger partial charge < -0.3 is 10.4 Å². The average molecular weight is 223 g/mol. The van der Waals surface area contributed by atoms with Gasteiger partial charge in [-0.2, -0.15) is 10.2 Å². The molecule has 1 aromatic heterocycles. The summed E-state index contributed by atoms with van der Waals surface area (Å²) in [6.07, 6.45) is 1.24. The van der Waals surface area contributed by atoms with Gasteiger partial charge in [-0.3, -0.25) is 4.79 Å². The fraction of sp³-hybridized carbons (Fsp3) is 0.545. The standard InChI is InChI=1S/C11H17N3O2/c1-3-10-9(7-8(2)13-14-10)11(16)12-5-4-6-15/h7,15H,3-6H2,1-2H3,(H,12,16). The molecular formula is C11H17N3O2. The zero-order valence-corrected chi connectivity index (χ0v) is 9.66. The van der Waals surface area contributed by atoms with Crippen LogP contribution >= 0.6 is 0 Å². The number of carbonyl (C=O) groups is 1. The summed E-state index contributed by atoms with van der Waals surface area (Å²) >= 11 is 0. The molecule has 1 amide bonds. The van der Waals surface area contributed by atoms with E-state index in [0.717, 1.165) is 5.69 Å². The molecule has 0 fully saturated rings. The lowest BCUT2D eigenvalue weighted by Gasteiger charge is -2.07. The van der Waals surface area contributed by atoms with Gasteiger partial charge in [0.15, 0.2) is 0 Å². The maximum Gasteiger partial charge on any atom is 0.253 e. The molecule has 5 heteroatoms. The number of amides is 1. The third-order valence-corrected chi connectivity index (χ3v) is 2.19. The molecule has 0 radical (unpaired) electrons. The number of aliphatic hydroxyl groups excluding tert-OH is 1. The second kappa shape index (κ2) is 6.17. The van der Waals surface area contributed by atoms with E-state index in [1.807, 2.05) is 6.92 Å². The molecule has 0 spiro atoms. The second-order valence-corrected chi connectivity index (χ2v) is 3.53. The number of hydrogen-bond acceptors (Lipinski definition) is 4. The lowest BCUT2D eigenvalue weighted by atomic mass is 10.1. The van der Waals surface area contributed by atoms with Gasteiger partial charge in [0.2, 0.25) is 0 Å². The molecule has 0 bridgehead atoms. The predicted molar refractivity (Wildman–Crippen MR) is 60.2 cm³/mol. The summed E-state index contributed by atoms with van der Waals surface area (Å²) in [5.74, 6) is -0.150. The van der Waals surface area contributed by atoms with Crippen molar-refractivity contribution in [2.75, 3.05) is 13.2 Å². The topological polar surface area (TPSA) is 75.1 Å². The summed E-state index contributed by atoms with van der Waals surface area (Å²) in [7, 11) is 0. The van der Waals surface area contributed by atoms with Crippen LogP contribution in [0.2, 0.25) is 0 Å². The van der Waals surface area contributed by atoms with Crippen molar-refractivity contribution in [3.63, 3.8) is 0 Å². The number of aromatic nitrogens is 2. The Balaban J connectivity index is 2.76. The monoisotopic (exact) mass is 223 g/mol. The van der Waals surface area contributed by atoms with Crippen LogP contribution in [-0.2, 0) is 6.42 Å². The van der Waals surface area contributed by atoms with E-state index in [1.165, 1.54) is 0 Å². The summed E-state index contributed by atoms with van der Waals surface area (Å²) in [4.78, 5) is 11.8. The van der Waals surface area contributed by atoms with Gasteiger partial charge in [-0.1, -0.05) is 6.92 Å². The zero-order chi connectivity index (χ0) is 12.0. The van der Waals surface area contributed by atoms with Crippen LogP contribution < -0.4 is 5.32 Å². The Morgan fingerprint density at radius 3 is 2.88 bits per heavy atom. The maximum atomic E-state index is 11.8. The van der Waals surface area contributed by atoms with E-state index in [4.69, 9.17) is 5.11 Å². The number of hydrogen-bond donors (Lipinski definition) is 2. The van der Waals surface area contributed by atoms with Crippen LogP contribution in [0.1, 0.15) is 35.1 Å². The van der Waals surface area contributed by atoms with Crippen molar-refractivity contribution in [1.82, 2.24) is 15.5 Å². The molecule has 88 valence electrons. The quantitative estimate of drug-likeness (QED) is 0.711. The molecule has 0 atom stereocenters. The fourth-order valence-corrected chi connectivity index (χ4v) is 1.35. The molecule has 5 nitrogen and oxygen atoms in total. The van der Waals surface area contributed by atoms with Crippen LogP contribution in [-0.4, -0.2) is 34.4 Å². The van der Waals surface area contributed by atoms with Crippen LogP contribution in [0.5, 0.6) is 0 Å². The van der Waals surface area contributed by atoms with E-state index in [-0.39, 0.29) is 12.5 Å². The summed E-state index contributed by atoms with van der Waals surface area (Å²) in [6.45, 7) is 4.29. The number of rotatable bonds is 5. The van der Waals surface area contributed by atoms with Gasteiger partial charge in [0.05, 0.1) is 17.0 Å². The van der Waals surface area contributed by atoms with Gasteiger partial charge >= 0.3 is 0 Å². The number of nitrogens with zero attached hydrogens (tertiary/aromatic N) is 2. The van der Waals surface area contributed by atoms with E-state index in [1.54, 1.807) is 13.0 Å². The molecule has 0 aliphatic heterocycles. The van der Waals surface area contributed by atoms with Crippen LogP contribution in [0, 0.1) is 6.92 Å². The molecule has 1 heterocycles. The first kappa shape index (κ1) is 12.6. The molecule has 2 N–H and O–H groups in total. The van der Waals surface area contributed by atoms with Gasteiger partial charge in [-0.05, 0) is 25.8 Å². The SMILES string of the molecule is CCc1nnc(C)cc1C(=O)NCCCO. The number of nitrogens with one attached hydrogen (secondary N) is 1. The van der Waals surface area contributed by atoms with E-state index < -0.39 is 0 Å². The Hall–Kier alpha value is -1.49. The normalized spacial score (nSPS) is 10.2. The van der Waals surface area contributed by atoms with Crippen LogP contribution in [0.3, 0.4) is 0 Å². The van der Waals surface area contributed by atoms with Gasteiger partial charge in [-0.25, -0.2) is 0 Å². The largest absolute Gasteiger partial charge is 0.396 e. The lowest BCUT2D eigenvalue weighted by molar-refractivity contribution is 0.0949. The van der Waals surface area contributed by atoms with Crippen molar-refractivity contribution >= 4 is 5.91 Å².